The minimum Gasteiger partial charge on any atom is -0.491 e. The van der Waals surface area contributed by atoms with Crippen molar-refractivity contribution in [2.75, 3.05) is 19.8 Å². The molecule has 0 heterocycles. The van der Waals surface area contributed by atoms with Gasteiger partial charge in [0.2, 0.25) is 0 Å². The molecule has 0 atom stereocenters. The third kappa shape index (κ3) is 3.59. The summed E-state index contributed by atoms with van der Waals surface area (Å²) in [6.45, 7) is 2.26. The zero-order valence-corrected chi connectivity index (χ0v) is 8.60. The first-order chi connectivity index (χ1) is 7.27. The van der Waals surface area contributed by atoms with Crippen molar-refractivity contribution in [3.63, 3.8) is 0 Å². The minimum atomic E-state index is -0.369. The fourth-order valence-electron chi connectivity index (χ4n) is 1.09. The van der Waals surface area contributed by atoms with Crippen molar-refractivity contribution in [1.29, 1.82) is 0 Å². The Labute approximate surface area is 88.4 Å². The number of ether oxygens (including phenoxy) is 2. The summed E-state index contributed by atoms with van der Waals surface area (Å²) in [7, 11) is 0. The Morgan fingerprint density at radius 2 is 2.27 bits per heavy atom. The van der Waals surface area contributed by atoms with Crippen molar-refractivity contribution < 1.29 is 19.4 Å². The van der Waals surface area contributed by atoms with Crippen LogP contribution < -0.4 is 4.74 Å². The van der Waals surface area contributed by atoms with E-state index in [1.54, 1.807) is 31.2 Å². The molecule has 0 saturated heterocycles. The first-order valence-corrected chi connectivity index (χ1v) is 4.78. The molecule has 0 aromatic heterocycles. The minimum absolute atomic E-state index is 0.0520. The normalized spacial score (nSPS) is 9.73. The lowest BCUT2D eigenvalue weighted by Gasteiger charge is -2.06. The van der Waals surface area contributed by atoms with Gasteiger partial charge in [0.25, 0.3) is 0 Å². The Hall–Kier alpha value is -1.55. The fourth-order valence-corrected chi connectivity index (χ4v) is 1.09. The van der Waals surface area contributed by atoms with Crippen molar-refractivity contribution in [3.8, 4) is 5.75 Å². The van der Waals surface area contributed by atoms with Crippen molar-refractivity contribution in [2.45, 2.75) is 6.92 Å². The molecular formula is C11H14O4. The molecule has 0 radical (unpaired) electrons. The quantitative estimate of drug-likeness (QED) is 0.743. The monoisotopic (exact) mass is 210 g/mol. The molecule has 4 nitrogen and oxygen atoms in total. The number of benzene rings is 1. The second kappa shape index (κ2) is 6.03. The molecule has 0 aliphatic heterocycles. The van der Waals surface area contributed by atoms with Crippen molar-refractivity contribution in [2.24, 2.45) is 0 Å². The molecule has 15 heavy (non-hydrogen) atoms. The first-order valence-electron chi connectivity index (χ1n) is 4.78. The molecule has 4 heteroatoms. The van der Waals surface area contributed by atoms with Gasteiger partial charge in [-0.05, 0) is 25.1 Å². The summed E-state index contributed by atoms with van der Waals surface area (Å²) in [6.07, 6.45) is 0. The van der Waals surface area contributed by atoms with Gasteiger partial charge in [0.05, 0.1) is 18.8 Å². The maximum absolute atomic E-state index is 11.3. The summed E-state index contributed by atoms with van der Waals surface area (Å²) in [5, 5.41) is 8.57. The molecule has 1 rings (SSSR count). The van der Waals surface area contributed by atoms with E-state index in [9.17, 15) is 4.79 Å². The van der Waals surface area contributed by atoms with Gasteiger partial charge in [-0.2, -0.15) is 0 Å². The summed E-state index contributed by atoms with van der Waals surface area (Å²) in [5.74, 6) is 0.182. The van der Waals surface area contributed by atoms with Crippen LogP contribution in [0.5, 0.6) is 5.75 Å². The molecule has 82 valence electrons. The van der Waals surface area contributed by atoms with Gasteiger partial charge in [-0.15, -0.1) is 0 Å². The highest BCUT2D eigenvalue weighted by molar-refractivity contribution is 5.89. The Bertz CT molecular complexity index is 322. The summed E-state index contributed by atoms with van der Waals surface area (Å²) in [4.78, 5) is 11.3. The lowest BCUT2D eigenvalue weighted by atomic mass is 10.2. The predicted molar refractivity (Wildman–Crippen MR) is 55.0 cm³/mol. The maximum Gasteiger partial charge on any atom is 0.338 e. The van der Waals surface area contributed by atoms with Crippen LogP contribution in [-0.2, 0) is 4.74 Å². The van der Waals surface area contributed by atoms with Crippen LogP contribution in [0.2, 0.25) is 0 Å². The zero-order valence-electron chi connectivity index (χ0n) is 8.60. The summed E-state index contributed by atoms with van der Waals surface area (Å²) >= 11 is 0. The highest BCUT2D eigenvalue weighted by Crippen LogP contribution is 2.13. The molecular weight excluding hydrogens is 196 g/mol. The van der Waals surface area contributed by atoms with Crippen LogP contribution in [0, 0.1) is 0 Å². The van der Waals surface area contributed by atoms with E-state index in [2.05, 4.69) is 0 Å². The van der Waals surface area contributed by atoms with Crippen molar-refractivity contribution >= 4 is 5.97 Å². The van der Waals surface area contributed by atoms with Gasteiger partial charge >= 0.3 is 5.97 Å². The van der Waals surface area contributed by atoms with E-state index < -0.39 is 0 Å². The smallest absolute Gasteiger partial charge is 0.338 e. The lowest BCUT2D eigenvalue weighted by Crippen LogP contribution is -2.06. The number of aliphatic hydroxyl groups excluding tert-OH is 1. The molecule has 1 N–H and O–H groups in total. The standard InChI is InChI=1S/C11H14O4/c1-2-14-11(13)9-4-3-5-10(8-9)15-7-6-12/h3-5,8,12H,2,6-7H2,1H3. The van der Waals surface area contributed by atoms with E-state index in [0.29, 0.717) is 17.9 Å². The number of hydrogen-bond donors (Lipinski definition) is 1. The molecule has 0 aliphatic carbocycles. The van der Waals surface area contributed by atoms with E-state index in [-0.39, 0.29) is 19.2 Å². The molecule has 0 aliphatic rings. The number of rotatable bonds is 5. The van der Waals surface area contributed by atoms with Crippen LogP contribution in [0.1, 0.15) is 17.3 Å². The van der Waals surface area contributed by atoms with Crippen LogP contribution in [0.15, 0.2) is 24.3 Å². The number of aliphatic hydroxyl groups is 1. The molecule has 0 spiro atoms. The third-order valence-electron chi connectivity index (χ3n) is 1.71. The molecule has 0 amide bonds. The van der Waals surface area contributed by atoms with Crippen molar-refractivity contribution in [3.05, 3.63) is 29.8 Å². The summed E-state index contributed by atoms with van der Waals surface area (Å²) in [5.41, 5.74) is 0.451. The van der Waals surface area contributed by atoms with Gasteiger partial charge < -0.3 is 14.6 Å². The van der Waals surface area contributed by atoms with Crippen LogP contribution >= 0.6 is 0 Å². The molecule has 0 unspecified atom stereocenters. The van der Waals surface area contributed by atoms with Crippen LogP contribution in [0.3, 0.4) is 0 Å². The SMILES string of the molecule is CCOC(=O)c1cccc(OCCO)c1. The van der Waals surface area contributed by atoms with Crippen molar-refractivity contribution in [1.82, 2.24) is 0 Å². The van der Waals surface area contributed by atoms with Gasteiger partial charge in [0.15, 0.2) is 0 Å². The van der Waals surface area contributed by atoms with E-state index in [1.807, 2.05) is 0 Å². The number of hydrogen-bond acceptors (Lipinski definition) is 4. The van der Waals surface area contributed by atoms with E-state index >= 15 is 0 Å². The van der Waals surface area contributed by atoms with Crippen LogP contribution in [-0.4, -0.2) is 30.9 Å². The van der Waals surface area contributed by atoms with Gasteiger partial charge in [0.1, 0.15) is 12.4 Å². The summed E-state index contributed by atoms with van der Waals surface area (Å²) < 4.78 is 10.0. The maximum atomic E-state index is 11.3. The van der Waals surface area contributed by atoms with Crippen LogP contribution in [0.4, 0.5) is 0 Å². The highest BCUT2D eigenvalue weighted by atomic mass is 16.5. The molecule has 0 fully saturated rings. The Morgan fingerprint density at radius 1 is 1.47 bits per heavy atom. The third-order valence-corrected chi connectivity index (χ3v) is 1.71. The average Bonchev–Trinajstić information content (AvgIpc) is 2.27. The highest BCUT2D eigenvalue weighted by Gasteiger charge is 2.06. The van der Waals surface area contributed by atoms with Gasteiger partial charge in [-0.3, -0.25) is 0 Å². The topological polar surface area (TPSA) is 55.8 Å². The molecule has 1 aromatic carbocycles. The van der Waals surface area contributed by atoms with Crippen LogP contribution in [0.25, 0.3) is 0 Å². The van der Waals surface area contributed by atoms with E-state index in [1.165, 1.54) is 0 Å². The average molecular weight is 210 g/mol. The molecule has 0 bridgehead atoms. The second-order valence-electron chi connectivity index (χ2n) is 2.82. The molecule has 1 aromatic rings. The Morgan fingerprint density at radius 3 is 2.93 bits per heavy atom. The van der Waals surface area contributed by atoms with E-state index in [4.69, 9.17) is 14.6 Å². The number of esters is 1. The fraction of sp³-hybridized carbons (Fsp3) is 0.364. The Balaban J connectivity index is 2.69. The Kier molecular flexibility index (Phi) is 4.63. The lowest BCUT2D eigenvalue weighted by molar-refractivity contribution is 0.0526. The first kappa shape index (κ1) is 11.5. The number of carbonyl (C=O) groups is 1. The zero-order chi connectivity index (χ0) is 11.1. The largest absolute Gasteiger partial charge is 0.491 e. The molecule has 0 saturated carbocycles. The summed E-state index contributed by atoms with van der Waals surface area (Å²) in [6, 6.07) is 6.68. The van der Waals surface area contributed by atoms with Gasteiger partial charge in [-0.25, -0.2) is 4.79 Å². The number of carbonyl (C=O) groups excluding carboxylic acids is 1. The van der Waals surface area contributed by atoms with E-state index in [0.717, 1.165) is 0 Å². The van der Waals surface area contributed by atoms with Gasteiger partial charge in [-0.1, -0.05) is 6.07 Å². The second-order valence-corrected chi connectivity index (χ2v) is 2.82. The van der Waals surface area contributed by atoms with Gasteiger partial charge in [0, 0.05) is 0 Å². The predicted octanol–water partition coefficient (Wildman–Crippen LogP) is 1.23.